The van der Waals surface area contributed by atoms with Crippen LogP contribution >= 0.6 is 0 Å². The number of carbonyl (C=O) groups is 1. The molecule has 1 aromatic rings. The highest BCUT2D eigenvalue weighted by Gasteiger charge is 2.38. The minimum absolute atomic E-state index is 0.189. The highest BCUT2D eigenvalue weighted by Crippen LogP contribution is 2.36. The molecular weight excluding hydrogens is 349 g/mol. The van der Waals surface area contributed by atoms with Gasteiger partial charge in [0.25, 0.3) is 0 Å². The summed E-state index contributed by atoms with van der Waals surface area (Å²) in [5.74, 6) is -0.189. The van der Waals surface area contributed by atoms with Crippen molar-refractivity contribution in [2.45, 2.75) is 24.6 Å². The van der Waals surface area contributed by atoms with Crippen molar-refractivity contribution in [1.29, 1.82) is 0 Å². The molecule has 0 unspecified atom stereocenters. The summed E-state index contributed by atoms with van der Waals surface area (Å²) >= 11 is 0. The van der Waals surface area contributed by atoms with Gasteiger partial charge in [0.1, 0.15) is 0 Å². The molecule has 5 nitrogen and oxygen atoms in total. The first-order valence-corrected chi connectivity index (χ1v) is 8.76. The summed E-state index contributed by atoms with van der Waals surface area (Å²) in [6.07, 6.45) is -3.52. The summed E-state index contributed by atoms with van der Waals surface area (Å²) in [4.78, 5) is 14.6. The Morgan fingerprint density at radius 3 is 2.42 bits per heavy atom. The van der Waals surface area contributed by atoms with E-state index < -0.39 is 17.3 Å². The molecule has 0 radical (unpaired) electrons. The van der Waals surface area contributed by atoms with Gasteiger partial charge in [-0.05, 0) is 30.5 Å². The van der Waals surface area contributed by atoms with Crippen LogP contribution in [0.4, 0.5) is 13.2 Å². The average Bonchev–Trinajstić information content (AvgIpc) is 2.62. The van der Waals surface area contributed by atoms with Crippen molar-refractivity contribution >= 4 is 5.91 Å². The molecule has 2 aliphatic rings. The lowest BCUT2D eigenvalue weighted by Gasteiger charge is -2.39. The molecule has 0 saturated carbocycles. The number of morpholine rings is 1. The van der Waals surface area contributed by atoms with Gasteiger partial charge in [0.15, 0.2) is 0 Å². The number of benzene rings is 1. The van der Waals surface area contributed by atoms with E-state index in [4.69, 9.17) is 9.47 Å². The summed E-state index contributed by atoms with van der Waals surface area (Å²) in [6, 6.07) is 5.23. The average molecular weight is 372 g/mol. The fourth-order valence-corrected chi connectivity index (χ4v) is 3.47. The van der Waals surface area contributed by atoms with Crippen molar-refractivity contribution in [1.82, 2.24) is 10.2 Å². The van der Waals surface area contributed by atoms with Crippen LogP contribution in [0.25, 0.3) is 0 Å². The van der Waals surface area contributed by atoms with Gasteiger partial charge >= 0.3 is 6.18 Å². The zero-order valence-electron chi connectivity index (χ0n) is 14.5. The first kappa shape index (κ1) is 19.1. The van der Waals surface area contributed by atoms with E-state index >= 15 is 0 Å². The van der Waals surface area contributed by atoms with Crippen LogP contribution < -0.4 is 5.32 Å². The number of nitrogens with one attached hydrogen (secondary N) is 1. The Balaban J connectivity index is 1.79. The largest absolute Gasteiger partial charge is 0.416 e. The monoisotopic (exact) mass is 372 g/mol. The van der Waals surface area contributed by atoms with Gasteiger partial charge in [-0.25, -0.2) is 0 Å². The van der Waals surface area contributed by atoms with Gasteiger partial charge in [0.2, 0.25) is 5.91 Å². The number of hydrogen-bond donors (Lipinski definition) is 1. The number of rotatable bonds is 4. The summed E-state index contributed by atoms with van der Waals surface area (Å²) in [6.45, 7) is 3.52. The second kappa shape index (κ2) is 7.94. The number of ether oxygens (including phenoxy) is 2. The molecule has 8 heteroatoms. The quantitative estimate of drug-likeness (QED) is 0.880. The van der Waals surface area contributed by atoms with Crippen LogP contribution in [-0.2, 0) is 26.0 Å². The lowest BCUT2D eigenvalue weighted by atomic mass is 9.82. The van der Waals surface area contributed by atoms with Crippen LogP contribution in [0.5, 0.6) is 0 Å². The molecule has 2 fully saturated rings. The molecule has 0 aliphatic carbocycles. The van der Waals surface area contributed by atoms with E-state index in [9.17, 15) is 18.0 Å². The molecule has 0 aromatic heterocycles. The highest BCUT2D eigenvalue weighted by atomic mass is 19.4. The Kier molecular flexibility index (Phi) is 5.84. The zero-order valence-corrected chi connectivity index (χ0v) is 14.5. The minimum Gasteiger partial charge on any atom is -0.381 e. The van der Waals surface area contributed by atoms with E-state index in [0.29, 0.717) is 57.9 Å². The summed E-state index contributed by atoms with van der Waals surface area (Å²) in [5.41, 5.74) is -1.06. The molecule has 1 aromatic carbocycles. The van der Waals surface area contributed by atoms with Crippen LogP contribution in [0.1, 0.15) is 24.0 Å². The lowest BCUT2D eigenvalue weighted by Crippen LogP contribution is -2.53. The highest BCUT2D eigenvalue weighted by molar-refractivity contribution is 5.79. The van der Waals surface area contributed by atoms with E-state index in [-0.39, 0.29) is 12.5 Å². The molecular formula is C18H23F3N2O3. The normalized spacial score (nSPS) is 21.3. The third kappa shape index (κ3) is 4.55. The molecule has 2 heterocycles. The minimum atomic E-state index is -4.42. The first-order chi connectivity index (χ1) is 12.4. The standard InChI is InChI=1S/C18H23F3N2O3/c19-18(20,21)15-3-1-2-14(12-15)17(4-8-25-9-5-17)22-16(24)13-23-6-10-26-11-7-23/h1-3,12H,4-11,13H2,(H,22,24). The fourth-order valence-electron chi connectivity index (χ4n) is 3.47. The SMILES string of the molecule is O=C(CN1CCOCC1)NC1(c2cccc(C(F)(F)F)c2)CCOCC1. The van der Waals surface area contributed by atoms with Gasteiger partial charge < -0.3 is 14.8 Å². The summed E-state index contributed by atoms with van der Waals surface area (Å²) in [5, 5.41) is 3.01. The maximum Gasteiger partial charge on any atom is 0.416 e. The van der Waals surface area contributed by atoms with Gasteiger partial charge in [0.05, 0.1) is 30.9 Å². The zero-order chi connectivity index (χ0) is 18.6. The molecule has 1 N–H and O–H groups in total. The van der Waals surface area contributed by atoms with Crippen LogP contribution in [0, 0.1) is 0 Å². The van der Waals surface area contributed by atoms with Gasteiger partial charge in [-0.1, -0.05) is 12.1 Å². The third-order valence-corrected chi connectivity index (χ3v) is 4.94. The van der Waals surface area contributed by atoms with Crippen LogP contribution in [-0.4, -0.2) is 56.9 Å². The predicted octanol–water partition coefficient (Wildman–Crippen LogP) is 2.16. The third-order valence-electron chi connectivity index (χ3n) is 4.94. The van der Waals surface area contributed by atoms with Crippen molar-refractivity contribution in [2.24, 2.45) is 0 Å². The van der Waals surface area contributed by atoms with Crippen LogP contribution in [0.2, 0.25) is 0 Å². The Morgan fingerprint density at radius 2 is 1.77 bits per heavy atom. The number of carbonyl (C=O) groups excluding carboxylic acids is 1. The van der Waals surface area contributed by atoms with Gasteiger partial charge in [-0.2, -0.15) is 13.2 Å². The van der Waals surface area contributed by atoms with E-state index in [0.717, 1.165) is 12.1 Å². The van der Waals surface area contributed by atoms with Gasteiger partial charge in [0, 0.05) is 26.3 Å². The summed E-state index contributed by atoms with van der Waals surface area (Å²) < 4.78 is 49.9. The molecule has 0 spiro atoms. The fraction of sp³-hybridized carbons (Fsp3) is 0.611. The maximum atomic E-state index is 13.1. The van der Waals surface area contributed by atoms with Crippen molar-refractivity contribution in [3.63, 3.8) is 0 Å². The topological polar surface area (TPSA) is 50.8 Å². The van der Waals surface area contributed by atoms with E-state index in [2.05, 4.69) is 5.32 Å². The molecule has 0 atom stereocenters. The van der Waals surface area contributed by atoms with Crippen LogP contribution in [0.15, 0.2) is 24.3 Å². The lowest BCUT2D eigenvalue weighted by molar-refractivity contribution is -0.137. The van der Waals surface area contributed by atoms with E-state index in [1.807, 2.05) is 4.90 Å². The van der Waals surface area contributed by atoms with Gasteiger partial charge in [-0.3, -0.25) is 9.69 Å². The number of hydrogen-bond acceptors (Lipinski definition) is 4. The maximum absolute atomic E-state index is 13.1. The van der Waals surface area contributed by atoms with Crippen molar-refractivity contribution in [2.75, 3.05) is 46.1 Å². The molecule has 2 aliphatic heterocycles. The molecule has 26 heavy (non-hydrogen) atoms. The molecule has 1 amide bonds. The second-order valence-corrected chi connectivity index (χ2v) is 6.71. The Hall–Kier alpha value is -1.64. The Bertz CT molecular complexity index is 624. The molecule has 2 saturated heterocycles. The predicted molar refractivity (Wildman–Crippen MR) is 88.6 cm³/mol. The number of amides is 1. The van der Waals surface area contributed by atoms with Gasteiger partial charge in [-0.15, -0.1) is 0 Å². The van der Waals surface area contributed by atoms with E-state index in [1.54, 1.807) is 6.07 Å². The number of alkyl halides is 3. The van der Waals surface area contributed by atoms with E-state index in [1.165, 1.54) is 6.07 Å². The van der Waals surface area contributed by atoms with Crippen molar-refractivity contribution < 1.29 is 27.4 Å². The van der Waals surface area contributed by atoms with Crippen molar-refractivity contribution in [3.8, 4) is 0 Å². The molecule has 144 valence electrons. The molecule has 3 rings (SSSR count). The number of halogens is 3. The smallest absolute Gasteiger partial charge is 0.381 e. The Morgan fingerprint density at radius 1 is 1.12 bits per heavy atom. The molecule has 0 bridgehead atoms. The number of nitrogens with zero attached hydrogens (tertiary/aromatic N) is 1. The summed E-state index contributed by atoms with van der Waals surface area (Å²) in [7, 11) is 0. The van der Waals surface area contributed by atoms with Crippen LogP contribution in [0.3, 0.4) is 0 Å². The first-order valence-electron chi connectivity index (χ1n) is 8.76. The Labute approximate surface area is 150 Å². The second-order valence-electron chi connectivity index (χ2n) is 6.71. The van der Waals surface area contributed by atoms with Crippen molar-refractivity contribution in [3.05, 3.63) is 35.4 Å².